The third-order valence-corrected chi connectivity index (χ3v) is 4.74. The Morgan fingerprint density at radius 3 is 2.65 bits per heavy atom. The van der Waals surface area contributed by atoms with Gasteiger partial charge in [0.1, 0.15) is 0 Å². The number of benzene rings is 2. The molecule has 1 aliphatic rings. The Balaban J connectivity index is 1.52. The third-order valence-electron chi connectivity index (χ3n) is 4.15. The van der Waals surface area contributed by atoms with Crippen LogP contribution >= 0.6 is 23.2 Å². The summed E-state index contributed by atoms with van der Waals surface area (Å²) in [5, 5.41) is 6.89. The number of carbonyl (C=O) groups is 1. The fourth-order valence-electron chi connectivity index (χ4n) is 2.76. The molecular formula is C19H21Cl2N3O2. The van der Waals surface area contributed by atoms with E-state index in [9.17, 15) is 4.79 Å². The van der Waals surface area contributed by atoms with E-state index >= 15 is 0 Å². The molecule has 0 atom stereocenters. The molecule has 0 spiro atoms. The van der Waals surface area contributed by atoms with Crippen LogP contribution < -0.4 is 10.6 Å². The van der Waals surface area contributed by atoms with E-state index in [0.717, 1.165) is 44.0 Å². The molecule has 0 radical (unpaired) electrons. The lowest BCUT2D eigenvalue weighted by molar-refractivity contribution is 0.0342. The number of halogens is 2. The normalized spacial score (nSPS) is 14.8. The van der Waals surface area contributed by atoms with E-state index in [0.29, 0.717) is 22.3 Å². The van der Waals surface area contributed by atoms with E-state index in [1.807, 2.05) is 30.3 Å². The van der Waals surface area contributed by atoms with E-state index in [-0.39, 0.29) is 6.03 Å². The van der Waals surface area contributed by atoms with E-state index in [2.05, 4.69) is 15.5 Å². The highest BCUT2D eigenvalue weighted by Crippen LogP contribution is 2.23. The summed E-state index contributed by atoms with van der Waals surface area (Å²) >= 11 is 12.3. The van der Waals surface area contributed by atoms with Crippen molar-refractivity contribution >= 4 is 34.9 Å². The van der Waals surface area contributed by atoms with Gasteiger partial charge in [0.2, 0.25) is 0 Å². The molecule has 2 aromatic carbocycles. The first-order chi connectivity index (χ1) is 12.6. The topological polar surface area (TPSA) is 53.6 Å². The zero-order chi connectivity index (χ0) is 18.4. The number of carbonyl (C=O) groups excluding carboxylic acids is 1. The fraction of sp³-hybridized carbons (Fsp3) is 0.316. The van der Waals surface area contributed by atoms with Gasteiger partial charge in [-0.05, 0) is 35.4 Å². The summed E-state index contributed by atoms with van der Waals surface area (Å²) in [6.45, 7) is 4.50. The van der Waals surface area contributed by atoms with Crippen molar-refractivity contribution in [3.8, 4) is 0 Å². The monoisotopic (exact) mass is 393 g/mol. The minimum absolute atomic E-state index is 0.290. The molecule has 2 aromatic rings. The van der Waals surface area contributed by atoms with Crippen LogP contribution in [-0.2, 0) is 17.8 Å². The number of hydrogen-bond acceptors (Lipinski definition) is 3. The molecule has 0 aromatic heterocycles. The highest BCUT2D eigenvalue weighted by Gasteiger charge is 2.13. The second kappa shape index (κ2) is 9.24. The van der Waals surface area contributed by atoms with Gasteiger partial charge in [-0.3, -0.25) is 4.90 Å². The minimum atomic E-state index is -0.290. The third kappa shape index (κ3) is 5.61. The molecule has 5 nitrogen and oxygen atoms in total. The second-order valence-corrected chi connectivity index (χ2v) is 6.98. The molecule has 2 N–H and O–H groups in total. The Bertz CT molecular complexity index is 764. The summed E-state index contributed by atoms with van der Waals surface area (Å²) in [5.41, 5.74) is 2.63. The van der Waals surface area contributed by atoms with Gasteiger partial charge in [-0.15, -0.1) is 0 Å². The van der Waals surface area contributed by atoms with Gasteiger partial charge in [-0.2, -0.15) is 0 Å². The van der Waals surface area contributed by atoms with Crippen LogP contribution in [0.4, 0.5) is 10.5 Å². The minimum Gasteiger partial charge on any atom is -0.379 e. The standard InChI is InChI=1S/C19H21Cl2N3O2/c20-16-3-1-2-14(10-16)12-22-19(25)23-17-5-4-15(18(21)11-17)13-24-6-8-26-9-7-24/h1-5,10-11H,6-9,12-13H2,(H2,22,23,25). The zero-order valence-corrected chi connectivity index (χ0v) is 15.8. The van der Waals surface area contributed by atoms with Crippen LogP contribution in [0, 0.1) is 0 Å². The highest BCUT2D eigenvalue weighted by atomic mass is 35.5. The molecule has 138 valence electrons. The first-order valence-corrected chi connectivity index (χ1v) is 9.23. The van der Waals surface area contributed by atoms with Crippen LogP contribution in [0.2, 0.25) is 10.0 Å². The van der Waals surface area contributed by atoms with Crippen molar-refractivity contribution in [1.82, 2.24) is 10.2 Å². The first kappa shape index (κ1) is 19.0. The quantitative estimate of drug-likeness (QED) is 0.801. The number of urea groups is 1. The Hall–Kier alpha value is -1.79. The van der Waals surface area contributed by atoms with E-state index in [1.54, 1.807) is 12.1 Å². The lowest BCUT2D eigenvalue weighted by Gasteiger charge is -2.27. The number of amides is 2. The van der Waals surface area contributed by atoms with Crippen molar-refractivity contribution in [2.45, 2.75) is 13.1 Å². The maximum atomic E-state index is 12.1. The number of morpholine rings is 1. The predicted molar refractivity (Wildman–Crippen MR) is 105 cm³/mol. The van der Waals surface area contributed by atoms with Crippen molar-refractivity contribution in [1.29, 1.82) is 0 Å². The zero-order valence-electron chi connectivity index (χ0n) is 14.3. The van der Waals surface area contributed by atoms with Gasteiger partial charge in [0, 0.05) is 41.9 Å². The van der Waals surface area contributed by atoms with E-state index < -0.39 is 0 Å². The van der Waals surface area contributed by atoms with E-state index in [1.165, 1.54) is 0 Å². The van der Waals surface area contributed by atoms with Crippen LogP contribution in [0.15, 0.2) is 42.5 Å². The second-order valence-electron chi connectivity index (χ2n) is 6.13. The summed E-state index contributed by atoms with van der Waals surface area (Å²) in [4.78, 5) is 14.4. The van der Waals surface area contributed by atoms with Crippen LogP contribution in [0.5, 0.6) is 0 Å². The molecule has 7 heteroatoms. The lowest BCUT2D eigenvalue weighted by atomic mass is 10.2. The van der Waals surface area contributed by atoms with Gasteiger partial charge in [0.05, 0.1) is 13.2 Å². The molecular weight excluding hydrogens is 373 g/mol. The van der Waals surface area contributed by atoms with Gasteiger partial charge in [-0.25, -0.2) is 4.79 Å². The smallest absolute Gasteiger partial charge is 0.319 e. The molecule has 1 aliphatic heterocycles. The number of anilines is 1. The maximum Gasteiger partial charge on any atom is 0.319 e. The summed E-state index contributed by atoms with van der Waals surface area (Å²) in [5.74, 6) is 0. The van der Waals surface area contributed by atoms with Crippen molar-refractivity contribution in [3.63, 3.8) is 0 Å². The predicted octanol–water partition coefficient (Wildman–Crippen LogP) is 4.15. The summed E-state index contributed by atoms with van der Waals surface area (Å²) in [6.07, 6.45) is 0. The first-order valence-electron chi connectivity index (χ1n) is 8.48. The van der Waals surface area contributed by atoms with Crippen LogP contribution in [-0.4, -0.2) is 37.2 Å². The van der Waals surface area contributed by atoms with Crippen LogP contribution in [0.25, 0.3) is 0 Å². The SMILES string of the molecule is O=C(NCc1cccc(Cl)c1)Nc1ccc(CN2CCOCC2)c(Cl)c1. The molecule has 0 aliphatic carbocycles. The molecule has 26 heavy (non-hydrogen) atoms. The summed E-state index contributed by atoms with van der Waals surface area (Å²) in [6, 6.07) is 12.7. The van der Waals surface area contributed by atoms with Crippen molar-refractivity contribution in [2.75, 3.05) is 31.6 Å². The van der Waals surface area contributed by atoms with Gasteiger partial charge in [-0.1, -0.05) is 41.4 Å². The Labute approximate surface area is 163 Å². The average Bonchev–Trinajstić information content (AvgIpc) is 2.63. The molecule has 1 saturated heterocycles. The van der Waals surface area contributed by atoms with Gasteiger partial charge in [0.25, 0.3) is 0 Å². The Kier molecular flexibility index (Phi) is 6.74. The highest BCUT2D eigenvalue weighted by molar-refractivity contribution is 6.31. The number of nitrogens with zero attached hydrogens (tertiary/aromatic N) is 1. The largest absolute Gasteiger partial charge is 0.379 e. The van der Waals surface area contributed by atoms with Crippen molar-refractivity contribution < 1.29 is 9.53 Å². The fourth-order valence-corrected chi connectivity index (χ4v) is 3.21. The maximum absolute atomic E-state index is 12.1. The van der Waals surface area contributed by atoms with E-state index in [4.69, 9.17) is 27.9 Å². The lowest BCUT2D eigenvalue weighted by Crippen LogP contribution is -2.35. The molecule has 1 heterocycles. The molecule has 1 fully saturated rings. The summed E-state index contributed by atoms with van der Waals surface area (Å²) < 4.78 is 5.36. The Morgan fingerprint density at radius 1 is 1.12 bits per heavy atom. The summed E-state index contributed by atoms with van der Waals surface area (Å²) in [7, 11) is 0. The molecule has 0 saturated carbocycles. The van der Waals surface area contributed by atoms with Crippen LogP contribution in [0.3, 0.4) is 0 Å². The van der Waals surface area contributed by atoms with Crippen molar-refractivity contribution in [2.24, 2.45) is 0 Å². The number of nitrogens with one attached hydrogen (secondary N) is 2. The van der Waals surface area contributed by atoms with Crippen molar-refractivity contribution in [3.05, 3.63) is 63.6 Å². The Morgan fingerprint density at radius 2 is 1.92 bits per heavy atom. The molecule has 0 bridgehead atoms. The number of rotatable bonds is 5. The average molecular weight is 394 g/mol. The number of ether oxygens (including phenoxy) is 1. The van der Waals surface area contributed by atoms with Gasteiger partial charge in [0.15, 0.2) is 0 Å². The van der Waals surface area contributed by atoms with Gasteiger partial charge < -0.3 is 15.4 Å². The molecule has 0 unspecified atom stereocenters. The molecule has 2 amide bonds. The van der Waals surface area contributed by atoms with Gasteiger partial charge >= 0.3 is 6.03 Å². The van der Waals surface area contributed by atoms with Crippen LogP contribution in [0.1, 0.15) is 11.1 Å². The molecule has 3 rings (SSSR count). The number of hydrogen-bond donors (Lipinski definition) is 2.